The molecule has 0 spiro atoms. The third-order valence-corrected chi connectivity index (χ3v) is 4.99. The zero-order valence-corrected chi connectivity index (χ0v) is 16.4. The number of benzene rings is 2. The number of carbonyl (C=O) groups is 2. The molecule has 0 bridgehead atoms. The number of likely N-dealkylation sites (N-methyl/N-ethyl adjacent to an activating group) is 1. The van der Waals surface area contributed by atoms with E-state index in [2.05, 4.69) is 27.4 Å². The van der Waals surface area contributed by atoms with Crippen LogP contribution in [0, 0.1) is 0 Å². The van der Waals surface area contributed by atoms with Gasteiger partial charge in [-0.15, -0.1) is 0 Å². The number of nitrogens with zero attached hydrogens (tertiary/aromatic N) is 2. The number of hydrogen-bond donors (Lipinski definition) is 2. The highest BCUT2D eigenvalue weighted by Gasteiger charge is 2.18. The third kappa shape index (κ3) is 5.57. The number of anilines is 2. The summed E-state index contributed by atoms with van der Waals surface area (Å²) in [6.07, 6.45) is 0.270. The number of piperazine rings is 1. The fourth-order valence-corrected chi connectivity index (χ4v) is 3.38. The second-order valence-corrected chi connectivity index (χ2v) is 6.93. The Kier molecular flexibility index (Phi) is 7.03. The van der Waals surface area contributed by atoms with Crippen LogP contribution < -0.4 is 15.5 Å². The maximum absolute atomic E-state index is 12.4. The molecule has 2 aromatic rings. The van der Waals surface area contributed by atoms with Gasteiger partial charge in [0.05, 0.1) is 24.3 Å². The molecule has 6 heteroatoms. The lowest BCUT2D eigenvalue weighted by molar-refractivity contribution is -0.123. The van der Waals surface area contributed by atoms with E-state index >= 15 is 0 Å². The van der Waals surface area contributed by atoms with E-state index in [-0.39, 0.29) is 24.8 Å². The van der Waals surface area contributed by atoms with Crippen molar-refractivity contribution in [3.8, 4) is 0 Å². The quantitative estimate of drug-likeness (QED) is 0.772. The highest BCUT2D eigenvalue weighted by atomic mass is 16.2. The molecule has 1 aliphatic rings. The largest absolute Gasteiger partial charge is 0.367 e. The maximum atomic E-state index is 12.4. The van der Waals surface area contributed by atoms with E-state index in [4.69, 9.17) is 0 Å². The average Bonchev–Trinajstić information content (AvgIpc) is 2.73. The average molecular weight is 380 g/mol. The third-order valence-electron chi connectivity index (χ3n) is 4.99. The van der Waals surface area contributed by atoms with Crippen LogP contribution >= 0.6 is 0 Å². The molecular formula is C22H28N4O2. The molecule has 6 nitrogen and oxygen atoms in total. The van der Waals surface area contributed by atoms with Crippen molar-refractivity contribution in [1.29, 1.82) is 0 Å². The molecule has 0 aliphatic carbocycles. The van der Waals surface area contributed by atoms with Gasteiger partial charge in [0, 0.05) is 26.2 Å². The fraction of sp³-hybridized carbons (Fsp3) is 0.364. The summed E-state index contributed by atoms with van der Waals surface area (Å²) >= 11 is 0. The van der Waals surface area contributed by atoms with Crippen LogP contribution in [0.5, 0.6) is 0 Å². The minimum atomic E-state index is -0.221. The van der Waals surface area contributed by atoms with Gasteiger partial charge in [-0.05, 0) is 24.2 Å². The van der Waals surface area contributed by atoms with Crippen LogP contribution in [-0.2, 0) is 16.0 Å². The monoisotopic (exact) mass is 380 g/mol. The molecule has 1 fully saturated rings. The molecular weight excluding hydrogens is 352 g/mol. The fourth-order valence-electron chi connectivity index (χ4n) is 3.38. The van der Waals surface area contributed by atoms with Crippen LogP contribution in [0.1, 0.15) is 12.5 Å². The van der Waals surface area contributed by atoms with Gasteiger partial charge in [-0.1, -0.05) is 49.4 Å². The van der Waals surface area contributed by atoms with E-state index in [1.807, 2.05) is 54.6 Å². The maximum Gasteiger partial charge on any atom is 0.243 e. The van der Waals surface area contributed by atoms with Gasteiger partial charge < -0.3 is 20.4 Å². The minimum absolute atomic E-state index is 0.0381. The molecule has 0 atom stereocenters. The second-order valence-electron chi connectivity index (χ2n) is 6.93. The predicted octanol–water partition coefficient (Wildman–Crippen LogP) is 2.13. The molecule has 148 valence electrons. The van der Waals surface area contributed by atoms with Crippen molar-refractivity contribution in [2.24, 2.45) is 0 Å². The highest BCUT2D eigenvalue weighted by molar-refractivity contribution is 5.97. The summed E-state index contributed by atoms with van der Waals surface area (Å²) in [4.78, 5) is 29.1. The summed E-state index contributed by atoms with van der Waals surface area (Å²) in [5, 5.41) is 5.64. The van der Waals surface area contributed by atoms with Gasteiger partial charge in [-0.2, -0.15) is 0 Å². The van der Waals surface area contributed by atoms with E-state index in [1.165, 1.54) is 0 Å². The lowest BCUT2D eigenvalue weighted by Gasteiger charge is -2.36. The first-order valence-corrected chi connectivity index (χ1v) is 9.82. The summed E-state index contributed by atoms with van der Waals surface area (Å²) in [5.41, 5.74) is 2.74. The predicted molar refractivity (Wildman–Crippen MR) is 113 cm³/mol. The van der Waals surface area contributed by atoms with Crippen LogP contribution in [0.3, 0.4) is 0 Å². The summed E-state index contributed by atoms with van der Waals surface area (Å²) in [6.45, 7) is 7.13. The number of hydrogen-bond acceptors (Lipinski definition) is 4. The smallest absolute Gasteiger partial charge is 0.243 e. The number of carbonyl (C=O) groups excluding carboxylic acids is 2. The van der Waals surface area contributed by atoms with Gasteiger partial charge >= 0.3 is 0 Å². The Morgan fingerprint density at radius 1 is 0.893 bits per heavy atom. The highest BCUT2D eigenvalue weighted by Crippen LogP contribution is 2.26. The Morgan fingerprint density at radius 2 is 1.57 bits per heavy atom. The molecule has 1 saturated heterocycles. The lowest BCUT2D eigenvalue weighted by Crippen LogP contribution is -2.46. The number of amides is 2. The Labute approximate surface area is 166 Å². The van der Waals surface area contributed by atoms with Crippen molar-refractivity contribution < 1.29 is 9.59 Å². The van der Waals surface area contributed by atoms with Crippen LogP contribution in [-0.4, -0.2) is 56.0 Å². The van der Waals surface area contributed by atoms with E-state index < -0.39 is 0 Å². The topological polar surface area (TPSA) is 64.7 Å². The zero-order valence-electron chi connectivity index (χ0n) is 16.4. The molecule has 0 radical (unpaired) electrons. The van der Waals surface area contributed by atoms with Crippen molar-refractivity contribution >= 4 is 23.2 Å². The molecule has 2 aromatic carbocycles. The van der Waals surface area contributed by atoms with Crippen LogP contribution in [0.2, 0.25) is 0 Å². The van der Waals surface area contributed by atoms with Crippen LogP contribution in [0.4, 0.5) is 11.4 Å². The Hall–Kier alpha value is -2.86. The van der Waals surface area contributed by atoms with Crippen molar-refractivity contribution in [2.75, 3.05) is 49.5 Å². The van der Waals surface area contributed by atoms with Crippen LogP contribution in [0.25, 0.3) is 0 Å². The summed E-state index contributed by atoms with van der Waals surface area (Å²) in [7, 11) is 0. The lowest BCUT2D eigenvalue weighted by atomic mass is 10.1. The van der Waals surface area contributed by atoms with Gasteiger partial charge in [0.2, 0.25) is 11.8 Å². The standard InChI is InChI=1S/C22H28N4O2/c1-2-25-12-14-26(15-13-25)20-11-7-6-10-19(20)24-22(28)17-23-21(27)16-18-8-4-3-5-9-18/h3-11H,2,12-17H2,1H3,(H,23,27)(H,24,28). The molecule has 28 heavy (non-hydrogen) atoms. The van der Waals surface area contributed by atoms with Gasteiger partial charge in [-0.3, -0.25) is 9.59 Å². The molecule has 2 N–H and O–H groups in total. The normalized spacial score (nSPS) is 14.5. The van der Waals surface area contributed by atoms with Gasteiger partial charge in [-0.25, -0.2) is 0 Å². The van der Waals surface area contributed by atoms with E-state index in [0.29, 0.717) is 0 Å². The first kappa shape index (κ1) is 19.9. The van der Waals surface area contributed by atoms with Crippen molar-refractivity contribution in [3.05, 3.63) is 60.2 Å². The van der Waals surface area contributed by atoms with E-state index in [0.717, 1.165) is 49.7 Å². The van der Waals surface area contributed by atoms with Gasteiger partial charge in [0.25, 0.3) is 0 Å². The molecule has 1 heterocycles. The molecule has 2 amide bonds. The Bertz CT molecular complexity index is 786. The zero-order chi connectivity index (χ0) is 19.8. The molecule has 0 saturated carbocycles. The Balaban J connectivity index is 1.52. The van der Waals surface area contributed by atoms with Crippen molar-refractivity contribution in [2.45, 2.75) is 13.3 Å². The molecule has 3 rings (SSSR count). The first-order chi connectivity index (χ1) is 13.7. The second kappa shape index (κ2) is 9.90. The first-order valence-electron chi connectivity index (χ1n) is 9.82. The van der Waals surface area contributed by atoms with Gasteiger partial charge in [0.1, 0.15) is 0 Å². The SMILES string of the molecule is CCN1CCN(c2ccccc2NC(=O)CNC(=O)Cc2ccccc2)CC1. The molecule has 0 unspecified atom stereocenters. The van der Waals surface area contributed by atoms with E-state index in [1.54, 1.807) is 0 Å². The number of para-hydroxylation sites is 2. The van der Waals surface area contributed by atoms with Crippen LogP contribution in [0.15, 0.2) is 54.6 Å². The number of nitrogens with one attached hydrogen (secondary N) is 2. The van der Waals surface area contributed by atoms with E-state index in [9.17, 15) is 9.59 Å². The van der Waals surface area contributed by atoms with Crippen molar-refractivity contribution in [1.82, 2.24) is 10.2 Å². The summed E-state index contributed by atoms with van der Waals surface area (Å²) in [5.74, 6) is -0.383. The molecule has 1 aliphatic heterocycles. The minimum Gasteiger partial charge on any atom is -0.367 e. The Morgan fingerprint density at radius 3 is 2.29 bits per heavy atom. The summed E-state index contributed by atoms with van der Waals surface area (Å²) in [6, 6.07) is 17.3. The van der Waals surface area contributed by atoms with Crippen molar-refractivity contribution in [3.63, 3.8) is 0 Å². The van der Waals surface area contributed by atoms with Gasteiger partial charge in [0.15, 0.2) is 0 Å². The number of rotatable bonds is 7. The summed E-state index contributed by atoms with van der Waals surface area (Å²) < 4.78 is 0. The molecule has 0 aromatic heterocycles.